The van der Waals surface area contributed by atoms with Crippen LogP contribution in [0.1, 0.15) is 32.9 Å². The van der Waals surface area contributed by atoms with Crippen LogP contribution in [0.25, 0.3) is 0 Å². The van der Waals surface area contributed by atoms with Crippen molar-refractivity contribution in [1.82, 2.24) is 9.78 Å². The van der Waals surface area contributed by atoms with E-state index in [-0.39, 0.29) is 0 Å². The summed E-state index contributed by atoms with van der Waals surface area (Å²) in [7, 11) is 1.97. The van der Waals surface area contributed by atoms with Gasteiger partial charge in [0, 0.05) is 19.2 Å². The number of hydrogen-bond acceptors (Lipinski definition) is 2. The summed E-state index contributed by atoms with van der Waals surface area (Å²) in [5, 5.41) is 7.79. The molecule has 3 nitrogen and oxygen atoms in total. The van der Waals surface area contributed by atoms with Crippen LogP contribution in [-0.4, -0.2) is 15.8 Å². The second-order valence-electron chi connectivity index (χ2n) is 4.11. The Morgan fingerprint density at radius 3 is 2.57 bits per heavy atom. The normalized spacial score (nSPS) is 15.2. The van der Waals surface area contributed by atoms with Gasteiger partial charge in [-0.25, -0.2) is 0 Å². The summed E-state index contributed by atoms with van der Waals surface area (Å²) in [4.78, 5) is 0. The van der Waals surface area contributed by atoms with Gasteiger partial charge >= 0.3 is 0 Å². The molecule has 1 aromatic heterocycles. The van der Waals surface area contributed by atoms with Gasteiger partial charge in [-0.1, -0.05) is 20.3 Å². The van der Waals surface area contributed by atoms with Gasteiger partial charge in [0.25, 0.3) is 0 Å². The highest BCUT2D eigenvalue weighted by molar-refractivity contribution is 5.37. The highest BCUT2D eigenvalue weighted by Crippen LogP contribution is 2.15. The number of aromatic nitrogens is 2. The summed E-state index contributed by atoms with van der Waals surface area (Å²) in [5.74, 6) is 1.79. The molecule has 0 spiro atoms. The summed E-state index contributed by atoms with van der Waals surface area (Å²) in [6.07, 6.45) is 1.20. The zero-order valence-electron chi connectivity index (χ0n) is 9.83. The number of aryl methyl sites for hydroxylation is 2. The molecule has 0 aromatic carbocycles. The van der Waals surface area contributed by atoms with E-state index in [2.05, 4.69) is 37.3 Å². The molecule has 1 heterocycles. The van der Waals surface area contributed by atoms with Crippen LogP contribution in [0.15, 0.2) is 6.07 Å². The highest BCUT2D eigenvalue weighted by Gasteiger charge is 2.11. The molecule has 0 saturated heterocycles. The van der Waals surface area contributed by atoms with Crippen molar-refractivity contribution in [2.75, 3.05) is 5.32 Å². The number of rotatable bonds is 4. The van der Waals surface area contributed by atoms with Crippen molar-refractivity contribution in [3.8, 4) is 0 Å². The van der Waals surface area contributed by atoms with E-state index in [4.69, 9.17) is 0 Å². The van der Waals surface area contributed by atoms with Crippen LogP contribution >= 0.6 is 0 Å². The van der Waals surface area contributed by atoms with Crippen LogP contribution in [-0.2, 0) is 7.05 Å². The van der Waals surface area contributed by atoms with Crippen molar-refractivity contribution in [3.63, 3.8) is 0 Å². The lowest BCUT2D eigenvalue weighted by molar-refractivity contribution is 0.491. The monoisotopic (exact) mass is 195 g/mol. The SMILES string of the molecule is CCC(C)C(C)Nc1cc(C)nn1C. The smallest absolute Gasteiger partial charge is 0.124 e. The molecule has 2 unspecified atom stereocenters. The molecule has 0 saturated carbocycles. The van der Waals surface area contributed by atoms with Gasteiger partial charge in [0.15, 0.2) is 0 Å². The topological polar surface area (TPSA) is 29.9 Å². The molecule has 1 N–H and O–H groups in total. The van der Waals surface area contributed by atoms with Gasteiger partial charge < -0.3 is 5.32 Å². The molecule has 1 rings (SSSR count). The second kappa shape index (κ2) is 4.49. The molecule has 2 atom stereocenters. The lowest BCUT2D eigenvalue weighted by Gasteiger charge is -2.20. The largest absolute Gasteiger partial charge is 0.368 e. The third-order valence-corrected chi connectivity index (χ3v) is 2.88. The van der Waals surface area contributed by atoms with E-state index >= 15 is 0 Å². The van der Waals surface area contributed by atoms with Crippen molar-refractivity contribution < 1.29 is 0 Å². The molecule has 3 heteroatoms. The van der Waals surface area contributed by atoms with Crippen LogP contribution in [0.4, 0.5) is 5.82 Å². The predicted octanol–water partition coefficient (Wildman–Crippen LogP) is 2.58. The Balaban J connectivity index is 2.64. The summed E-state index contributed by atoms with van der Waals surface area (Å²) in [6.45, 7) is 8.72. The third kappa shape index (κ3) is 2.50. The number of hydrogen-bond donors (Lipinski definition) is 1. The first kappa shape index (κ1) is 11.1. The van der Waals surface area contributed by atoms with Crippen LogP contribution < -0.4 is 5.32 Å². The maximum atomic E-state index is 4.30. The van der Waals surface area contributed by atoms with Crippen LogP contribution in [0.2, 0.25) is 0 Å². The van der Waals surface area contributed by atoms with Crippen LogP contribution in [0, 0.1) is 12.8 Å². The number of anilines is 1. The zero-order valence-corrected chi connectivity index (χ0v) is 9.83. The van der Waals surface area contributed by atoms with Crippen molar-refractivity contribution in [3.05, 3.63) is 11.8 Å². The Hall–Kier alpha value is -0.990. The van der Waals surface area contributed by atoms with Crippen molar-refractivity contribution in [1.29, 1.82) is 0 Å². The quantitative estimate of drug-likeness (QED) is 0.800. The summed E-state index contributed by atoms with van der Waals surface area (Å²) >= 11 is 0. The molecule has 0 fully saturated rings. The Kier molecular flexibility index (Phi) is 3.55. The summed E-state index contributed by atoms with van der Waals surface area (Å²) in [6, 6.07) is 2.58. The van der Waals surface area contributed by atoms with Gasteiger partial charge in [0.05, 0.1) is 5.69 Å². The van der Waals surface area contributed by atoms with Crippen molar-refractivity contribution in [2.45, 2.75) is 40.2 Å². The molecule has 1 aromatic rings. The number of nitrogens with one attached hydrogen (secondary N) is 1. The van der Waals surface area contributed by atoms with Crippen LogP contribution in [0.3, 0.4) is 0 Å². The van der Waals surface area contributed by atoms with E-state index < -0.39 is 0 Å². The molecule has 0 aliphatic rings. The van der Waals surface area contributed by atoms with Gasteiger partial charge in [-0.3, -0.25) is 4.68 Å². The van der Waals surface area contributed by atoms with Gasteiger partial charge in [-0.2, -0.15) is 5.10 Å². The fourth-order valence-electron chi connectivity index (χ4n) is 1.47. The molecular formula is C11H21N3. The van der Waals surface area contributed by atoms with E-state index in [1.54, 1.807) is 0 Å². The Morgan fingerprint density at radius 2 is 2.14 bits per heavy atom. The Morgan fingerprint density at radius 1 is 1.50 bits per heavy atom. The molecular weight excluding hydrogens is 174 g/mol. The van der Waals surface area contributed by atoms with E-state index in [0.717, 1.165) is 11.5 Å². The fraction of sp³-hybridized carbons (Fsp3) is 0.727. The van der Waals surface area contributed by atoms with Gasteiger partial charge in [0.1, 0.15) is 5.82 Å². The second-order valence-corrected chi connectivity index (χ2v) is 4.11. The minimum absolute atomic E-state index is 0.495. The molecule has 14 heavy (non-hydrogen) atoms. The lowest BCUT2D eigenvalue weighted by atomic mass is 10.0. The first-order valence-corrected chi connectivity index (χ1v) is 5.31. The summed E-state index contributed by atoms with van der Waals surface area (Å²) in [5.41, 5.74) is 1.06. The maximum absolute atomic E-state index is 4.30. The Bertz CT molecular complexity index is 291. The van der Waals surface area contributed by atoms with Crippen molar-refractivity contribution in [2.24, 2.45) is 13.0 Å². The first-order valence-electron chi connectivity index (χ1n) is 5.31. The van der Waals surface area contributed by atoms with Gasteiger partial charge in [-0.05, 0) is 19.8 Å². The molecule has 0 aliphatic heterocycles. The van der Waals surface area contributed by atoms with E-state index in [9.17, 15) is 0 Å². The molecule has 0 aliphatic carbocycles. The van der Waals surface area contributed by atoms with E-state index in [0.29, 0.717) is 12.0 Å². The van der Waals surface area contributed by atoms with Crippen molar-refractivity contribution >= 4 is 5.82 Å². The Labute approximate surface area is 86.5 Å². The van der Waals surface area contributed by atoms with E-state index in [1.165, 1.54) is 6.42 Å². The average molecular weight is 195 g/mol. The molecule has 80 valence electrons. The molecule has 0 amide bonds. The predicted molar refractivity (Wildman–Crippen MR) is 60.5 cm³/mol. The maximum Gasteiger partial charge on any atom is 0.124 e. The lowest BCUT2D eigenvalue weighted by Crippen LogP contribution is -2.24. The molecule has 0 radical (unpaired) electrons. The first-order chi connectivity index (χ1) is 6.54. The van der Waals surface area contributed by atoms with E-state index in [1.807, 2.05) is 18.7 Å². The summed E-state index contributed by atoms with van der Waals surface area (Å²) < 4.78 is 1.90. The number of nitrogens with zero attached hydrogens (tertiary/aromatic N) is 2. The standard InChI is InChI=1S/C11H21N3/c1-6-8(2)10(4)12-11-7-9(3)13-14(11)5/h7-8,10,12H,6H2,1-5H3. The highest BCUT2D eigenvalue weighted by atomic mass is 15.3. The zero-order chi connectivity index (χ0) is 10.7. The average Bonchev–Trinajstić information content (AvgIpc) is 2.44. The third-order valence-electron chi connectivity index (χ3n) is 2.88. The van der Waals surface area contributed by atoms with Gasteiger partial charge in [0.2, 0.25) is 0 Å². The molecule has 0 bridgehead atoms. The van der Waals surface area contributed by atoms with Gasteiger partial charge in [-0.15, -0.1) is 0 Å². The fourth-order valence-corrected chi connectivity index (χ4v) is 1.47. The minimum Gasteiger partial charge on any atom is -0.368 e. The minimum atomic E-state index is 0.495. The van der Waals surface area contributed by atoms with Crippen LogP contribution in [0.5, 0.6) is 0 Å².